The molecule has 2 aromatic rings. The quantitative estimate of drug-likeness (QED) is 0.848. The second-order valence-electron chi connectivity index (χ2n) is 5.50. The Hall–Kier alpha value is -3.15. The van der Waals surface area contributed by atoms with Crippen LogP contribution in [0.3, 0.4) is 0 Å². The maximum absolute atomic E-state index is 12.2. The van der Waals surface area contributed by atoms with E-state index in [1.807, 2.05) is 25.1 Å². The van der Waals surface area contributed by atoms with E-state index >= 15 is 0 Å². The van der Waals surface area contributed by atoms with Gasteiger partial charge in [-0.2, -0.15) is 0 Å². The molecule has 0 saturated carbocycles. The Bertz CT molecular complexity index is 782. The molecule has 0 aliphatic carbocycles. The molecule has 6 nitrogen and oxygen atoms in total. The molecule has 24 heavy (non-hydrogen) atoms. The first-order chi connectivity index (χ1) is 11.6. The molecule has 0 spiro atoms. The van der Waals surface area contributed by atoms with Crippen LogP contribution in [0.1, 0.15) is 26.3 Å². The summed E-state index contributed by atoms with van der Waals surface area (Å²) in [4.78, 5) is 37.5. The summed E-state index contributed by atoms with van der Waals surface area (Å²) >= 11 is 0. The fourth-order valence-electron chi connectivity index (χ4n) is 2.60. The normalized spacial score (nSPS) is 13.0. The summed E-state index contributed by atoms with van der Waals surface area (Å²) < 4.78 is 0. The second-order valence-corrected chi connectivity index (χ2v) is 5.50. The minimum absolute atomic E-state index is 0.132. The fourth-order valence-corrected chi connectivity index (χ4v) is 2.60. The molecule has 2 N–H and O–H groups in total. The zero-order valence-corrected chi connectivity index (χ0v) is 13.2. The Morgan fingerprint density at radius 3 is 2.17 bits per heavy atom. The third kappa shape index (κ3) is 2.99. The van der Waals surface area contributed by atoms with E-state index < -0.39 is 0 Å². The smallest absolute Gasteiger partial charge is 0.319 e. The van der Waals surface area contributed by atoms with E-state index in [-0.39, 0.29) is 30.9 Å². The first kappa shape index (κ1) is 15.7. The zero-order valence-electron chi connectivity index (χ0n) is 13.2. The summed E-state index contributed by atoms with van der Waals surface area (Å²) in [7, 11) is 0. The number of hydrogen-bond donors (Lipinski definition) is 2. The van der Waals surface area contributed by atoms with E-state index in [2.05, 4.69) is 10.6 Å². The van der Waals surface area contributed by atoms with Crippen LogP contribution in [-0.4, -0.2) is 35.8 Å². The van der Waals surface area contributed by atoms with Crippen molar-refractivity contribution in [2.75, 3.05) is 18.4 Å². The Kier molecular flexibility index (Phi) is 4.29. The summed E-state index contributed by atoms with van der Waals surface area (Å²) in [6.45, 7) is 2.21. The molecule has 0 radical (unpaired) electrons. The predicted molar refractivity (Wildman–Crippen MR) is 90.0 cm³/mol. The Morgan fingerprint density at radius 2 is 1.54 bits per heavy atom. The van der Waals surface area contributed by atoms with Crippen LogP contribution < -0.4 is 10.6 Å². The minimum atomic E-state index is -0.374. The minimum Gasteiger partial charge on any atom is -0.336 e. The first-order valence-electron chi connectivity index (χ1n) is 7.63. The Labute approximate surface area is 139 Å². The van der Waals surface area contributed by atoms with Gasteiger partial charge in [0.25, 0.3) is 11.8 Å². The zero-order chi connectivity index (χ0) is 17.1. The number of imide groups is 1. The lowest BCUT2D eigenvalue weighted by Gasteiger charge is -2.15. The lowest BCUT2D eigenvalue weighted by Crippen LogP contribution is -2.39. The number of benzene rings is 2. The van der Waals surface area contributed by atoms with Crippen molar-refractivity contribution in [2.45, 2.75) is 6.92 Å². The van der Waals surface area contributed by atoms with Gasteiger partial charge in [-0.1, -0.05) is 30.3 Å². The number of aryl methyl sites for hydroxylation is 1. The highest BCUT2D eigenvalue weighted by molar-refractivity contribution is 6.21. The van der Waals surface area contributed by atoms with E-state index in [4.69, 9.17) is 0 Å². The average Bonchev–Trinajstić information content (AvgIpc) is 2.82. The molecule has 0 saturated heterocycles. The highest BCUT2D eigenvalue weighted by Crippen LogP contribution is 2.21. The van der Waals surface area contributed by atoms with Gasteiger partial charge in [0, 0.05) is 18.8 Å². The molecule has 0 aromatic heterocycles. The van der Waals surface area contributed by atoms with Gasteiger partial charge in [-0.3, -0.25) is 14.5 Å². The van der Waals surface area contributed by atoms with Gasteiger partial charge in [-0.25, -0.2) is 4.79 Å². The number of fused-ring (bicyclic) bond motifs is 1. The Balaban J connectivity index is 1.54. The van der Waals surface area contributed by atoms with Crippen molar-refractivity contribution in [3.63, 3.8) is 0 Å². The van der Waals surface area contributed by atoms with Crippen molar-refractivity contribution in [2.24, 2.45) is 0 Å². The Morgan fingerprint density at radius 1 is 0.958 bits per heavy atom. The number of rotatable bonds is 4. The number of nitrogens with zero attached hydrogens (tertiary/aromatic N) is 1. The molecule has 2 aromatic carbocycles. The van der Waals surface area contributed by atoms with E-state index in [0.717, 1.165) is 16.2 Å². The number of para-hydroxylation sites is 1. The van der Waals surface area contributed by atoms with Crippen LogP contribution in [-0.2, 0) is 0 Å². The van der Waals surface area contributed by atoms with Crippen molar-refractivity contribution in [3.05, 3.63) is 65.2 Å². The number of anilines is 1. The van der Waals surface area contributed by atoms with E-state index in [9.17, 15) is 14.4 Å². The molecule has 0 unspecified atom stereocenters. The first-order valence-corrected chi connectivity index (χ1v) is 7.63. The summed E-state index contributed by atoms with van der Waals surface area (Å²) in [5.74, 6) is -0.645. The van der Waals surface area contributed by atoms with Gasteiger partial charge in [-0.05, 0) is 30.7 Å². The van der Waals surface area contributed by atoms with Crippen LogP contribution in [0.25, 0.3) is 0 Å². The molecule has 1 heterocycles. The maximum atomic E-state index is 12.2. The molecule has 0 atom stereocenters. The largest absolute Gasteiger partial charge is 0.336 e. The van der Waals surface area contributed by atoms with Crippen molar-refractivity contribution >= 4 is 23.5 Å². The van der Waals surface area contributed by atoms with Crippen molar-refractivity contribution in [1.82, 2.24) is 10.2 Å². The molecule has 0 fully saturated rings. The van der Waals surface area contributed by atoms with E-state index in [1.165, 1.54) is 0 Å². The summed E-state index contributed by atoms with van der Waals surface area (Å²) in [5, 5.41) is 5.39. The van der Waals surface area contributed by atoms with Crippen LogP contribution in [0.4, 0.5) is 10.5 Å². The van der Waals surface area contributed by atoms with Gasteiger partial charge in [-0.15, -0.1) is 0 Å². The van der Waals surface area contributed by atoms with Gasteiger partial charge in [0.05, 0.1) is 11.1 Å². The van der Waals surface area contributed by atoms with E-state index in [0.29, 0.717) is 11.1 Å². The summed E-state index contributed by atoms with van der Waals surface area (Å²) in [6, 6.07) is 13.8. The molecule has 4 amide bonds. The highest BCUT2D eigenvalue weighted by atomic mass is 16.2. The third-order valence-electron chi connectivity index (χ3n) is 3.89. The lowest BCUT2D eigenvalue weighted by atomic mass is 10.1. The van der Waals surface area contributed by atoms with Gasteiger partial charge < -0.3 is 10.6 Å². The van der Waals surface area contributed by atoms with Crippen molar-refractivity contribution < 1.29 is 14.4 Å². The van der Waals surface area contributed by atoms with Gasteiger partial charge in [0.2, 0.25) is 0 Å². The third-order valence-corrected chi connectivity index (χ3v) is 3.89. The fraction of sp³-hybridized carbons (Fsp3) is 0.167. The summed E-state index contributed by atoms with van der Waals surface area (Å²) in [5.41, 5.74) is 2.49. The van der Waals surface area contributed by atoms with E-state index in [1.54, 1.807) is 30.3 Å². The predicted octanol–water partition coefficient (Wildman–Crippen LogP) is 2.41. The molecule has 6 heteroatoms. The second kappa shape index (κ2) is 6.54. The molecular formula is C18H17N3O3. The standard InChI is InChI=1S/C18H17N3O3/c1-12-6-2-5-9-15(12)20-18(24)19-10-11-21-16(22)13-7-3-4-8-14(13)17(21)23/h2-9H,10-11H2,1H3,(H2,19,20,24). The maximum Gasteiger partial charge on any atom is 0.319 e. The molecular weight excluding hydrogens is 306 g/mol. The number of amides is 4. The van der Waals surface area contributed by atoms with Crippen LogP contribution in [0.5, 0.6) is 0 Å². The SMILES string of the molecule is Cc1ccccc1NC(=O)NCCN1C(=O)c2ccccc2C1=O. The molecule has 122 valence electrons. The van der Waals surface area contributed by atoms with Gasteiger partial charge in [0.15, 0.2) is 0 Å². The molecule has 0 bridgehead atoms. The van der Waals surface area contributed by atoms with Gasteiger partial charge in [0.1, 0.15) is 0 Å². The number of carbonyl (C=O) groups excluding carboxylic acids is 3. The molecule has 3 rings (SSSR count). The van der Waals surface area contributed by atoms with Crippen molar-refractivity contribution in [3.8, 4) is 0 Å². The van der Waals surface area contributed by atoms with Crippen LogP contribution in [0.15, 0.2) is 48.5 Å². The number of carbonyl (C=O) groups is 3. The number of urea groups is 1. The monoisotopic (exact) mass is 323 g/mol. The lowest BCUT2D eigenvalue weighted by molar-refractivity contribution is 0.0656. The number of nitrogens with one attached hydrogen (secondary N) is 2. The topological polar surface area (TPSA) is 78.5 Å². The number of hydrogen-bond acceptors (Lipinski definition) is 3. The summed E-state index contributed by atoms with van der Waals surface area (Å²) in [6.07, 6.45) is 0. The average molecular weight is 323 g/mol. The van der Waals surface area contributed by atoms with Crippen molar-refractivity contribution in [1.29, 1.82) is 0 Å². The molecule has 1 aliphatic rings. The highest BCUT2D eigenvalue weighted by Gasteiger charge is 2.34. The van der Waals surface area contributed by atoms with Gasteiger partial charge >= 0.3 is 6.03 Å². The van der Waals surface area contributed by atoms with Crippen LogP contribution in [0.2, 0.25) is 0 Å². The molecule has 1 aliphatic heterocycles. The van der Waals surface area contributed by atoms with Crippen LogP contribution in [0, 0.1) is 6.92 Å². The van der Waals surface area contributed by atoms with Crippen LogP contribution >= 0.6 is 0 Å².